The maximum atomic E-state index is 11.3. The Morgan fingerprint density at radius 2 is 1.93 bits per heavy atom. The van der Waals surface area contributed by atoms with Crippen LogP contribution in [-0.2, 0) is 9.53 Å². The molecule has 0 heterocycles. The Kier molecular flexibility index (Phi) is 8.38. The van der Waals surface area contributed by atoms with Gasteiger partial charge in [0, 0.05) is 0 Å². The van der Waals surface area contributed by atoms with Crippen molar-refractivity contribution in [2.24, 2.45) is 5.73 Å². The van der Waals surface area contributed by atoms with E-state index in [0.29, 0.717) is 6.42 Å². The van der Waals surface area contributed by atoms with Gasteiger partial charge in [-0.2, -0.15) is 0 Å². The van der Waals surface area contributed by atoms with Crippen molar-refractivity contribution in [2.75, 3.05) is 0 Å². The fourth-order valence-corrected chi connectivity index (χ4v) is 1.37. The van der Waals surface area contributed by atoms with Crippen LogP contribution in [0.2, 0.25) is 0 Å². The first-order valence-electron chi connectivity index (χ1n) is 6.07. The maximum Gasteiger partial charge on any atom is 0.323 e. The molecule has 3 nitrogen and oxygen atoms in total. The first kappa shape index (κ1) is 14.4. The summed E-state index contributed by atoms with van der Waals surface area (Å²) in [6, 6.07) is -0.455. The minimum Gasteiger partial charge on any atom is -0.462 e. The van der Waals surface area contributed by atoms with E-state index in [-0.39, 0.29) is 12.1 Å². The van der Waals surface area contributed by atoms with Gasteiger partial charge in [0.2, 0.25) is 0 Å². The van der Waals surface area contributed by atoms with Crippen LogP contribution >= 0.6 is 0 Å². The molecule has 0 saturated carbocycles. The summed E-state index contributed by atoms with van der Waals surface area (Å²) in [6.45, 7) is 6.01. The Balaban J connectivity index is 3.55. The number of rotatable bonds is 8. The van der Waals surface area contributed by atoms with E-state index >= 15 is 0 Å². The molecule has 0 radical (unpaired) electrons. The van der Waals surface area contributed by atoms with E-state index in [0.717, 1.165) is 12.8 Å². The second kappa shape index (κ2) is 8.72. The highest BCUT2D eigenvalue weighted by molar-refractivity contribution is 5.75. The minimum atomic E-state index is -0.455. The molecular formula is C12H25NO2. The second-order valence-electron chi connectivity index (χ2n) is 4.11. The number of ether oxygens (including phenoxy) is 1. The van der Waals surface area contributed by atoms with Crippen molar-refractivity contribution in [3.63, 3.8) is 0 Å². The lowest BCUT2D eigenvalue weighted by Crippen LogP contribution is -2.33. The molecule has 0 bridgehead atoms. The van der Waals surface area contributed by atoms with Gasteiger partial charge in [0.05, 0.1) is 6.10 Å². The Morgan fingerprint density at radius 3 is 2.47 bits per heavy atom. The van der Waals surface area contributed by atoms with Gasteiger partial charge in [-0.25, -0.2) is 0 Å². The van der Waals surface area contributed by atoms with Gasteiger partial charge in [0.25, 0.3) is 0 Å². The summed E-state index contributed by atoms with van der Waals surface area (Å²) in [5.74, 6) is -0.263. The average molecular weight is 215 g/mol. The molecule has 0 aromatic rings. The average Bonchev–Trinajstić information content (AvgIpc) is 2.23. The van der Waals surface area contributed by atoms with Crippen LogP contribution in [0.3, 0.4) is 0 Å². The van der Waals surface area contributed by atoms with Gasteiger partial charge in [-0.3, -0.25) is 4.79 Å². The summed E-state index contributed by atoms with van der Waals surface area (Å²) < 4.78 is 5.22. The molecule has 0 amide bonds. The Hall–Kier alpha value is -0.570. The fraction of sp³-hybridized carbons (Fsp3) is 0.917. The van der Waals surface area contributed by atoms with Crippen molar-refractivity contribution in [3.05, 3.63) is 0 Å². The molecule has 2 atom stereocenters. The van der Waals surface area contributed by atoms with Crippen molar-refractivity contribution in [1.82, 2.24) is 0 Å². The second-order valence-corrected chi connectivity index (χ2v) is 4.11. The van der Waals surface area contributed by atoms with Gasteiger partial charge in [0.15, 0.2) is 0 Å². The van der Waals surface area contributed by atoms with Crippen LogP contribution in [0.1, 0.15) is 59.3 Å². The van der Waals surface area contributed by atoms with E-state index in [1.165, 1.54) is 19.3 Å². The summed E-state index contributed by atoms with van der Waals surface area (Å²) in [7, 11) is 0. The first-order valence-corrected chi connectivity index (χ1v) is 6.07. The standard InChI is InChI=1S/C12H25NO2/c1-4-6-7-8-9-10(3)15-12(14)11(13)5-2/h10-11H,4-9,13H2,1-3H3/t10?,11-/m0/s1. The number of nitrogens with two attached hydrogens (primary N) is 1. The smallest absolute Gasteiger partial charge is 0.323 e. The van der Waals surface area contributed by atoms with Gasteiger partial charge < -0.3 is 10.5 Å². The number of unbranched alkanes of at least 4 members (excludes halogenated alkanes) is 3. The number of esters is 1. The highest BCUT2D eigenvalue weighted by Crippen LogP contribution is 2.08. The van der Waals surface area contributed by atoms with Gasteiger partial charge in [-0.15, -0.1) is 0 Å². The predicted molar refractivity (Wildman–Crippen MR) is 62.6 cm³/mol. The lowest BCUT2D eigenvalue weighted by atomic mass is 10.1. The number of hydrogen-bond donors (Lipinski definition) is 1. The summed E-state index contributed by atoms with van der Waals surface area (Å²) >= 11 is 0. The van der Waals surface area contributed by atoms with Crippen molar-refractivity contribution < 1.29 is 9.53 Å². The first-order chi connectivity index (χ1) is 7.11. The lowest BCUT2D eigenvalue weighted by molar-refractivity contribution is -0.150. The summed E-state index contributed by atoms with van der Waals surface area (Å²) in [5.41, 5.74) is 5.57. The van der Waals surface area contributed by atoms with Crippen LogP contribution in [0.15, 0.2) is 0 Å². The number of hydrogen-bond acceptors (Lipinski definition) is 3. The van der Waals surface area contributed by atoms with Gasteiger partial charge in [0.1, 0.15) is 6.04 Å². The normalized spacial score (nSPS) is 14.7. The summed E-state index contributed by atoms with van der Waals surface area (Å²) in [4.78, 5) is 11.3. The lowest BCUT2D eigenvalue weighted by Gasteiger charge is -2.15. The molecule has 90 valence electrons. The zero-order valence-electron chi connectivity index (χ0n) is 10.3. The molecule has 0 aliphatic carbocycles. The highest BCUT2D eigenvalue weighted by Gasteiger charge is 2.15. The van der Waals surface area contributed by atoms with Crippen molar-refractivity contribution in [1.29, 1.82) is 0 Å². The third kappa shape index (κ3) is 7.37. The van der Waals surface area contributed by atoms with Crippen LogP contribution in [-0.4, -0.2) is 18.1 Å². The van der Waals surface area contributed by atoms with Crippen LogP contribution in [0.5, 0.6) is 0 Å². The SMILES string of the molecule is CCCCCCC(C)OC(=O)[C@@H](N)CC. The van der Waals surface area contributed by atoms with E-state index in [1.54, 1.807) is 0 Å². The van der Waals surface area contributed by atoms with Crippen LogP contribution in [0, 0.1) is 0 Å². The molecule has 2 N–H and O–H groups in total. The molecule has 15 heavy (non-hydrogen) atoms. The maximum absolute atomic E-state index is 11.3. The zero-order valence-corrected chi connectivity index (χ0v) is 10.3. The van der Waals surface area contributed by atoms with Crippen LogP contribution in [0.25, 0.3) is 0 Å². The van der Waals surface area contributed by atoms with Gasteiger partial charge >= 0.3 is 5.97 Å². The Morgan fingerprint density at radius 1 is 1.27 bits per heavy atom. The van der Waals surface area contributed by atoms with Gasteiger partial charge in [-0.1, -0.05) is 33.1 Å². The molecule has 0 aliphatic rings. The molecule has 0 aromatic heterocycles. The largest absolute Gasteiger partial charge is 0.462 e. The third-order valence-corrected chi connectivity index (χ3v) is 2.52. The fourth-order valence-electron chi connectivity index (χ4n) is 1.37. The summed E-state index contributed by atoms with van der Waals surface area (Å²) in [6.07, 6.45) is 6.43. The molecule has 1 unspecified atom stereocenters. The topological polar surface area (TPSA) is 52.3 Å². The molecule has 0 aromatic carbocycles. The molecular weight excluding hydrogens is 190 g/mol. The minimum absolute atomic E-state index is 0.00644. The van der Waals surface area contributed by atoms with E-state index in [1.807, 2.05) is 13.8 Å². The van der Waals surface area contributed by atoms with Crippen molar-refractivity contribution in [3.8, 4) is 0 Å². The predicted octanol–water partition coefficient (Wildman–Crippen LogP) is 2.63. The van der Waals surface area contributed by atoms with Crippen molar-refractivity contribution >= 4 is 5.97 Å². The highest BCUT2D eigenvalue weighted by atomic mass is 16.5. The molecule has 0 fully saturated rings. The van der Waals surface area contributed by atoms with Gasteiger partial charge in [-0.05, 0) is 26.2 Å². The molecule has 0 aliphatic heterocycles. The van der Waals surface area contributed by atoms with Crippen LogP contribution in [0.4, 0.5) is 0 Å². The third-order valence-electron chi connectivity index (χ3n) is 2.52. The van der Waals surface area contributed by atoms with E-state index < -0.39 is 6.04 Å². The van der Waals surface area contributed by atoms with Crippen molar-refractivity contribution in [2.45, 2.75) is 71.4 Å². The molecule has 0 rings (SSSR count). The molecule has 3 heteroatoms. The van der Waals surface area contributed by atoms with E-state index in [9.17, 15) is 4.79 Å². The zero-order chi connectivity index (χ0) is 11.7. The van der Waals surface area contributed by atoms with E-state index in [4.69, 9.17) is 10.5 Å². The van der Waals surface area contributed by atoms with Crippen LogP contribution < -0.4 is 5.73 Å². The number of carbonyl (C=O) groups is 1. The molecule has 0 saturated heterocycles. The quantitative estimate of drug-likeness (QED) is 0.500. The van der Waals surface area contributed by atoms with E-state index in [2.05, 4.69) is 6.92 Å². The summed E-state index contributed by atoms with van der Waals surface area (Å²) in [5, 5.41) is 0. The Labute approximate surface area is 93.4 Å². The Bertz CT molecular complexity index is 171. The monoisotopic (exact) mass is 215 g/mol. The number of carbonyl (C=O) groups excluding carboxylic acids is 1. The molecule has 0 spiro atoms.